The number of benzene rings is 2. The van der Waals surface area contributed by atoms with E-state index in [9.17, 15) is 14.0 Å². The second kappa shape index (κ2) is 8.68. The Balaban J connectivity index is 1.40. The Labute approximate surface area is 177 Å². The summed E-state index contributed by atoms with van der Waals surface area (Å²) in [5.41, 5.74) is 1.62. The molecule has 0 unspecified atom stereocenters. The zero-order valence-corrected chi connectivity index (χ0v) is 17.2. The fraction of sp³-hybridized carbons (Fsp3) is 0.0526. The van der Waals surface area contributed by atoms with Crippen molar-refractivity contribution >= 4 is 67.3 Å². The van der Waals surface area contributed by atoms with Crippen LogP contribution in [0.25, 0.3) is 10.2 Å². The molecular formula is C19H13FN4O2S3. The molecule has 0 aliphatic rings. The lowest BCUT2D eigenvalue weighted by Gasteiger charge is -2.05. The highest BCUT2D eigenvalue weighted by atomic mass is 32.2. The number of fused-ring (bicyclic) bond motifs is 1. The molecule has 2 aromatic carbocycles. The van der Waals surface area contributed by atoms with Gasteiger partial charge in [0.1, 0.15) is 5.82 Å². The van der Waals surface area contributed by atoms with Crippen molar-refractivity contribution in [1.29, 1.82) is 0 Å². The minimum atomic E-state index is -0.462. The second-order valence-corrected chi connectivity index (χ2v) is 8.95. The molecule has 2 aromatic heterocycles. The Morgan fingerprint density at radius 2 is 2.03 bits per heavy atom. The minimum absolute atomic E-state index is 0.146. The highest BCUT2D eigenvalue weighted by molar-refractivity contribution is 8.01. The molecule has 4 rings (SSSR count). The number of hydrogen-bond donors (Lipinski definition) is 2. The van der Waals surface area contributed by atoms with Crippen molar-refractivity contribution in [3.8, 4) is 0 Å². The Kier molecular flexibility index (Phi) is 5.84. The van der Waals surface area contributed by atoms with Crippen LogP contribution in [0.15, 0.2) is 58.4 Å². The van der Waals surface area contributed by atoms with Gasteiger partial charge in [0, 0.05) is 22.8 Å². The first-order valence-corrected chi connectivity index (χ1v) is 11.0. The number of amides is 2. The molecule has 146 valence electrons. The maximum Gasteiger partial charge on any atom is 0.255 e. The smallest absolute Gasteiger partial charge is 0.255 e. The maximum atomic E-state index is 13.3. The monoisotopic (exact) mass is 444 g/mol. The first-order valence-electron chi connectivity index (χ1n) is 8.36. The quantitative estimate of drug-likeness (QED) is 0.414. The number of carbonyl (C=O) groups is 2. The third-order valence-corrected chi connectivity index (χ3v) is 6.57. The number of halogens is 1. The predicted octanol–water partition coefficient (Wildman–Crippen LogP) is 4.88. The van der Waals surface area contributed by atoms with Gasteiger partial charge in [-0.3, -0.25) is 9.59 Å². The molecule has 6 nitrogen and oxygen atoms in total. The molecule has 2 amide bonds. The van der Waals surface area contributed by atoms with Crippen LogP contribution >= 0.6 is 34.4 Å². The standard InChI is InChI=1S/C19H13FN4O2S3/c20-12-3-1-2-11(8-12)17(26)22-13-4-5-14-15(9-13)29-19(23-14)28-10-16(25)24-18-21-6-7-27-18/h1-9H,10H2,(H,22,26)(H,21,24,25). The Morgan fingerprint density at radius 3 is 2.83 bits per heavy atom. The summed E-state index contributed by atoms with van der Waals surface area (Å²) in [6.45, 7) is 0. The lowest BCUT2D eigenvalue weighted by molar-refractivity contribution is -0.113. The summed E-state index contributed by atoms with van der Waals surface area (Å²) < 4.78 is 14.9. The molecular weight excluding hydrogens is 431 g/mol. The van der Waals surface area contributed by atoms with E-state index in [-0.39, 0.29) is 23.1 Å². The number of thioether (sulfide) groups is 1. The van der Waals surface area contributed by atoms with Crippen molar-refractivity contribution in [2.45, 2.75) is 4.34 Å². The molecule has 0 aliphatic heterocycles. The molecule has 10 heteroatoms. The van der Waals surface area contributed by atoms with E-state index >= 15 is 0 Å². The largest absolute Gasteiger partial charge is 0.322 e. The third-order valence-electron chi connectivity index (χ3n) is 3.72. The van der Waals surface area contributed by atoms with E-state index in [1.807, 2.05) is 6.07 Å². The molecule has 0 radical (unpaired) electrons. The van der Waals surface area contributed by atoms with Crippen LogP contribution < -0.4 is 10.6 Å². The van der Waals surface area contributed by atoms with Crippen molar-refractivity contribution in [2.75, 3.05) is 16.4 Å². The van der Waals surface area contributed by atoms with Crippen LogP contribution in [0.5, 0.6) is 0 Å². The average Bonchev–Trinajstić information content (AvgIpc) is 3.35. The Bertz CT molecular complexity index is 1180. The minimum Gasteiger partial charge on any atom is -0.322 e. The molecule has 0 bridgehead atoms. The van der Waals surface area contributed by atoms with E-state index in [0.29, 0.717) is 10.8 Å². The number of aromatic nitrogens is 2. The molecule has 4 aromatic rings. The summed E-state index contributed by atoms with van der Waals surface area (Å²) in [5, 5.41) is 7.85. The SMILES string of the molecule is O=C(CSc1nc2ccc(NC(=O)c3cccc(F)c3)cc2s1)Nc1nccs1. The Hall–Kier alpha value is -2.82. The summed E-state index contributed by atoms with van der Waals surface area (Å²) in [4.78, 5) is 32.8. The zero-order valence-electron chi connectivity index (χ0n) is 14.7. The van der Waals surface area contributed by atoms with Crippen LogP contribution in [-0.4, -0.2) is 27.5 Å². The van der Waals surface area contributed by atoms with E-state index in [0.717, 1.165) is 14.6 Å². The van der Waals surface area contributed by atoms with Crippen LogP contribution in [-0.2, 0) is 4.79 Å². The van der Waals surface area contributed by atoms with Crippen molar-refractivity contribution in [1.82, 2.24) is 9.97 Å². The predicted molar refractivity (Wildman–Crippen MR) is 115 cm³/mol. The average molecular weight is 445 g/mol. The van der Waals surface area contributed by atoms with Gasteiger partial charge in [-0.2, -0.15) is 0 Å². The summed E-state index contributed by atoms with van der Waals surface area (Å²) in [6.07, 6.45) is 1.63. The number of nitrogens with one attached hydrogen (secondary N) is 2. The van der Waals surface area contributed by atoms with Crippen LogP contribution in [0, 0.1) is 5.82 Å². The lowest BCUT2D eigenvalue weighted by atomic mass is 10.2. The molecule has 0 saturated heterocycles. The number of nitrogens with zero attached hydrogens (tertiary/aromatic N) is 2. The number of hydrogen-bond acceptors (Lipinski definition) is 7. The van der Waals surface area contributed by atoms with Gasteiger partial charge in [-0.15, -0.1) is 22.7 Å². The highest BCUT2D eigenvalue weighted by Gasteiger charge is 2.11. The van der Waals surface area contributed by atoms with Gasteiger partial charge in [0.05, 0.1) is 16.0 Å². The van der Waals surface area contributed by atoms with E-state index in [1.165, 1.54) is 52.6 Å². The molecule has 29 heavy (non-hydrogen) atoms. The third kappa shape index (κ3) is 4.97. The topological polar surface area (TPSA) is 84.0 Å². The van der Waals surface area contributed by atoms with Crippen molar-refractivity contribution in [3.63, 3.8) is 0 Å². The van der Waals surface area contributed by atoms with E-state index in [2.05, 4.69) is 20.6 Å². The molecule has 0 fully saturated rings. The summed E-state index contributed by atoms with van der Waals surface area (Å²) in [5.74, 6) is -0.770. The van der Waals surface area contributed by atoms with Crippen LogP contribution in [0.1, 0.15) is 10.4 Å². The fourth-order valence-corrected chi connectivity index (χ4v) is 4.90. The van der Waals surface area contributed by atoms with Gasteiger partial charge in [0.25, 0.3) is 5.91 Å². The van der Waals surface area contributed by atoms with Crippen LogP contribution in [0.3, 0.4) is 0 Å². The summed E-state index contributed by atoms with van der Waals surface area (Å²) in [7, 11) is 0. The van der Waals surface area contributed by atoms with Crippen molar-refractivity contribution in [2.24, 2.45) is 0 Å². The van der Waals surface area contributed by atoms with Crippen LogP contribution in [0.4, 0.5) is 15.2 Å². The first-order chi connectivity index (χ1) is 14.1. The number of rotatable bonds is 6. The van der Waals surface area contributed by atoms with Crippen molar-refractivity contribution < 1.29 is 14.0 Å². The lowest BCUT2D eigenvalue weighted by Crippen LogP contribution is -2.13. The normalized spacial score (nSPS) is 10.8. The number of carbonyl (C=O) groups excluding carboxylic acids is 2. The molecule has 0 saturated carbocycles. The molecule has 2 heterocycles. The number of anilines is 2. The summed E-state index contributed by atoms with van der Waals surface area (Å²) >= 11 is 4.13. The summed E-state index contributed by atoms with van der Waals surface area (Å²) in [6, 6.07) is 10.9. The van der Waals surface area contributed by atoms with E-state index in [4.69, 9.17) is 0 Å². The van der Waals surface area contributed by atoms with E-state index < -0.39 is 5.82 Å². The molecule has 0 spiro atoms. The van der Waals surface area contributed by atoms with Gasteiger partial charge in [-0.05, 0) is 36.4 Å². The van der Waals surface area contributed by atoms with Crippen molar-refractivity contribution in [3.05, 3.63) is 65.4 Å². The van der Waals surface area contributed by atoms with Gasteiger partial charge in [-0.1, -0.05) is 17.8 Å². The zero-order chi connectivity index (χ0) is 20.2. The second-order valence-electron chi connectivity index (χ2n) is 5.80. The first kappa shape index (κ1) is 19.5. The van der Waals surface area contributed by atoms with E-state index in [1.54, 1.807) is 29.8 Å². The van der Waals surface area contributed by atoms with Gasteiger partial charge >= 0.3 is 0 Å². The molecule has 2 N–H and O–H groups in total. The van der Waals surface area contributed by atoms with Gasteiger partial charge in [0.15, 0.2) is 9.47 Å². The van der Waals surface area contributed by atoms with Gasteiger partial charge < -0.3 is 10.6 Å². The van der Waals surface area contributed by atoms with Gasteiger partial charge in [0.2, 0.25) is 5.91 Å². The highest BCUT2D eigenvalue weighted by Crippen LogP contribution is 2.31. The molecule has 0 atom stereocenters. The Morgan fingerprint density at radius 1 is 1.14 bits per heavy atom. The number of thiazole rings is 2. The van der Waals surface area contributed by atoms with Gasteiger partial charge in [-0.25, -0.2) is 14.4 Å². The maximum absolute atomic E-state index is 13.3. The van der Waals surface area contributed by atoms with Crippen LogP contribution in [0.2, 0.25) is 0 Å². The fourth-order valence-electron chi connectivity index (χ4n) is 2.44. The molecule has 0 aliphatic carbocycles.